The van der Waals surface area contributed by atoms with E-state index in [1.807, 2.05) is 109 Å². The van der Waals surface area contributed by atoms with Crippen molar-refractivity contribution in [3.63, 3.8) is 0 Å². The van der Waals surface area contributed by atoms with E-state index in [2.05, 4.69) is 142 Å². The molecule has 0 bridgehead atoms. The summed E-state index contributed by atoms with van der Waals surface area (Å²) in [6.07, 6.45) is -0.544. The van der Waals surface area contributed by atoms with E-state index in [1.165, 1.54) is 20.9 Å². The lowest BCUT2D eigenvalue weighted by Gasteiger charge is -2.44. The van der Waals surface area contributed by atoms with E-state index in [1.54, 1.807) is 0 Å². The van der Waals surface area contributed by atoms with Gasteiger partial charge in [0.1, 0.15) is 12.2 Å². The second-order valence-corrected chi connectivity index (χ2v) is 24.7. The molecule has 0 spiro atoms. The molecule has 2 aliphatic heterocycles. The fourth-order valence-electron chi connectivity index (χ4n) is 12.4. The number of hydrogen-bond donors (Lipinski definition) is 0. The third-order valence-electron chi connectivity index (χ3n) is 16.3. The fraction of sp³-hybridized carbons (Fsp3) is 0.314. The van der Waals surface area contributed by atoms with Crippen LogP contribution in [-0.4, -0.2) is 54.6 Å². The topological polar surface area (TPSA) is 99.7 Å². The number of hydrogen-bond acceptors (Lipinski definition) is 8. The lowest BCUT2D eigenvalue weighted by atomic mass is 9.82. The molecule has 10 heteroatoms. The van der Waals surface area contributed by atoms with Crippen LogP contribution >= 0.6 is 0 Å². The van der Waals surface area contributed by atoms with Crippen molar-refractivity contribution in [1.29, 1.82) is 0 Å². The summed E-state index contributed by atoms with van der Waals surface area (Å²) in [6, 6.07) is 52.0. The van der Waals surface area contributed by atoms with Crippen LogP contribution in [0.4, 0.5) is 0 Å². The van der Waals surface area contributed by atoms with Crippen molar-refractivity contribution in [1.82, 2.24) is 19.9 Å². The minimum atomic E-state index is -0.357. The quantitative estimate of drug-likeness (QED) is 0.0408. The number of hydroxylamine groups is 4. The zero-order valence-electron chi connectivity index (χ0n) is 48.1. The molecule has 0 aliphatic carbocycles. The maximum Gasteiger partial charge on any atom is 0.261 e. The molecule has 0 aromatic heterocycles. The Hall–Kier alpha value is -7.60. The van der Waals surface area contributed by atoms with Crippen LogP contribution < -0.4 is 0 Å². The molecule has 0 radical (unpaired) electrons. The van der Waals surface area contributed by atoms with E-state index in [-0.39, 0.29) is 83.9 Å². The van der Waals surface area contributed by atoms with Gasteiger partial charge >= 0.3 is 0 Å². The highest BCUT2D eigenvalue weighted by Gasteiger charge is 2.39. The summed E-state index contributed by atoms with van der Waals surface area (Å²) >= 11 is 0. The third kappa shape index (κ3) is 9.55. The van der Waals surface area contributed by atoms with Crippen molar-refractivity contribution in [3.05, 3.63) is 213 Å². The highest BCUT2D eigenvalue weighted by atomic mass is 16.7. The first-order chi connectivity index (χ1) is 38.1. The van der Waals surface area contributed by atoms with Gasteiger partial charge in [0, 0.05) is 44.1 Å². The van der Waals surface area contributed by atoms with Crippen LogP contribution in [0.15, 0.2) is 158 Å². The Morgan fingerprint density at radius 3 is 0.912 bits per heavy atom. The predicted octanol–water partition coefficient (Wildman–Crippen LogP) is 16.3. The Bertz CT molecular complexity index is 3470. The molecule has 80 heavy (non-hydrogen) atoms. The summed E-state index contributed by atoms with van der Waals surface area (Å²) in [5.74, 6) is -0.857. The zero-order valence-corrected chi connectivity index (χ0v) is 48.1. The largest absolute Gasteiger partial charge is 0.290 e. The van der Waals surface area contributed by atoms with Gasteiger partial charge in [-0.05, 0) is 157 Å². The molecule has 0 saturated heterocycles. The fourth-order valence-corrected chi connectivity index (χ4v) is 12.4. The highest BCUT2D eigenvalue weighted by molar-refractivity contribution is 6.41. The Balaban J connectivity index is 0.831. The first-order valence-electron chi connectivity index (χ1n) is 28.2. The van der Waals surface area contributed by atoms with Gasteiger partial charge in [0.05, 0.1) is 25.2 Å². The number of fused-ring (bicyclic) bond motifs is 2. The Morgan fingerprint density at radius 2 is 0.650 bits per heavy atom. The number of amides is 4. The lowest BCUT2D eigenvalue weighted by Crippen LogP contribution is -2.46. The number of imide groups is 2. The molecule has 11 rings (SSSR count). The number of benzene rings is 9. The number of carbonyl (C=O) groups is 4. The first-order valence-corrected chi connectivity index (χ1v) is 28.2. The van der Waals surface area contributed by atoms with Crippen LogP contribution in [0.5, 0.6) is 0 Å². The Kier molecular flexibility index (Phi) is 14.1. The standard InChI is InChI=1S/C70H72N4O6/c1-41(2)63(49-19-15-13-16-20-49)73(69(7,8)9)79-43(5)47-27-23-45(24-28-47)39-71-65(75)55-35-31-51-53-33-37-57-62-58(38-34-54(60(53)62)52-32-36-56(66(71)76)61(55)59(51)52)68(78)72(67(57)77)40-46-25-29-48(30-26-46)44(6)80-74(70(10,11)12)64(42(3)4)50-21-17-14-18-22-50/h13-38,41-44,63-64H,39-40H2,1-12H3. The van der Waals surface area contributed by atoms with Crippen molar-refractivity contribution in [2.24, 2.45) is 11.8 Å². The molecule has 2 aliphatic rings. The second-order valence-electron chi connectivity index (χ2n) is 24.7. The van der Waals surface area contributed by atoms with E-state index < -0.39 is 0 Å². The monoisotopic (exact) mass is 1060 g/mol. The average molecular weight is 1070 g/mol. The van der Waals surface area contributed by atoms with Gasteiger partial charge in [-0.15, -0.1) is 0 Å². The van der Waals surface area contributed by atoms with Gasteiger partial charge in [0.2, 0.25) is 0 Å². The van der Waals surface area contributed by atoms with Crippen molar-refractivity contribution in [2.45, 2.75) is 132 Å². The van der Waals surface area contributed by atoms with Gasteiger partial charge in [-0.2, -0.15) is 10.1 Å². The van der Waals surface area contributed by atoms with Gasteiger partial charge in [-0.1, -0.05) is 161 Å². The molecule has 0 saturated carbocycles. The average Bonchev–Trinajstić information content (AvgIpc) is 3.26. The number of carbonyl (C=O) groups excluding carboxylic acids is 4. The summed E-state index contributed by atoms with van der Waals surface area (Å²) in [4.78, 5) is 74.6. The molecule has 2 heterocycles. The van der Waals surface area contributed by atoms with Gasteiger partial charge in [-0.3, -0.25) is 38.7 Å². The van der Waals surface area contributed by atoms with E-state index in [4.69, 9.17) is 9.68 Å². The van der Waals surface area contributed by atoms with Crippen LogP contribution in [0, 0.1) is 11.8 Å². The summed E-state index contributed by atoms with van der Waals surface area (Å²) in [6.45, 7) is 26.2. The predicted molar refractivity (Wildman–Crippen MR) is 319 cm³/mol. The minimum Gasteiger partial charge on any atom is -0.290 e. The van der Waals surface area contributed by atoms with Crippen LogP contribution in [0.2, 0.25) is 0 Å². The first kappa shape index (κ1) is 54.4. The summed E-state index contributed by atoms with van der Waals surface area (Å²) in [7, 11) is 0. The van der Waals surface area contributed by atoms with Gasteiger partial charge in [0.25, 0.3) is 23.6 Å². The second kappa shape index (κ2) is 20.8. The van der Waals surface area contributed by atoms with E-state index >= 15 is 0 Å². The molecule has 4 atom stereocenters. The number of rotatable bonds is 16. The summed E-state index contributed by atoms with van der Waals surface area (Å²) < 4.78 is 0. The molecule has 10 nitrogen and oxygen atoms in total. The zero-order chi connectivity index (χ0) is 56.7. The van der Waals surface area contributed by atoms with Crippen molar-refractivity contribution >= 4 is 66.7 Å². The van der Waals surface area contributed by atoms with E-state index in [0.29, 0.717) is 33.0 Å². The van der Waals surface area contributed by atoms with Crippen LogP contribution in [0.3, 0.4) is 0 Å². The Morgan fingerprint density at radius 1 is 0.362 bits per heavy atom. The molecule has 4 unspecified atom stereocenters. The van der Waals surface area contributed by atoms with Gasteiger partial charge in [0.15, 0.2) is 0 Å². The van der Waals surface area contributed by atoms with Crippen LogP contribution in [0.25, 0.3) is 43.1 Å². The maximum absolute atomic E-state index is 14.6. The van der Waals surface area contributed by atoms with Crippen LogP contribution in [-0.2, 0) is 22.8 Å². The lowest BCUT2D eigenvalue weighted by molar-refractivity contribution is -0.272. The van der Waals surface area contributed by atoms with Gasteiger partial charge in [-0.25, -0.2) is 0 Å². The van der Waals surface area contributed by atoms with Crippen LogP contribution in [0.1, 0.15) is 182 Å². The smallest absolute Gasteiger partial charge is 0.261 e. The third-order valence-corrected chi connectivity index (χ3v) is 16.3. The normalized spacial score (nSPS) is 15.8. The molecule has 0 fully saturated rings. The summed E-state index contributed by atoms with van der Waals surface area (Å²) in [5, 5.41) is 10.5. The summed E-state index contributed by atoms with van der Waals surface area (Å²) in [5.41, 5.74) is 7.23. The van der Waals surface area contributed by atoms with Crippen molar-refractivity contribution < 1.29 is 28.9 Å². The molecule has 9 aromatic carbocycles. The number of nitrogens with zero attached hydrogens (tertiary/aromatic N) is 4. The van der Waals surface area contributed by atoms with E-state index in [0.717, 1.165) is 54.6 Å². The maximum atomic E-state index is 14.6. The highest BCUT2D eigenvalue weighted by Crippen LogP contribution is 2.47. The Labute approximate surface area is 470 Å². The molecule has 0 N–H and O–H groups in total. The molecule has 408 valence electrons. The SMILES string of the molecule is CC(ON(C(c1ccccc1)C(C)C)C(C)(C)C)c1ccc(CN2C(=O)c3ccc4c5ccc6c7c(ccc(c8ccc(c3c48)C2=O)c75)C(=O)N(Cc2ccc(C(C)ON(C(c3ccccc3)C(C)C)C(C)(C)C)cc2)C6=O)cc1. The van der Waals surface area contributed by atoms with Gasteiger partial charge < -0.3 is 0 Å². The van der Waals surface area contributed by atoms with Crippen molar-refractivity contribution in [2.75, 3.05) is 0 Å². The van der Waals surface area contributed by atoms with E-state index in [9.17, 15) is 19.2 Å². The van der Waals surface area contributed by atoms with Crippen molar-refractivity contribution in [3.8, 4) is 0 Å². The molecular weight excluding hydrogens is 993 g/mol. The molecular formula is C70H72N4O6. The molecule has 4 amide bonds. The molecule has 9 aromatic rings. The minimum absolute atomic E-state index is 0.0309.